The van der Waals surface area contributed by atoms with Gasteiger partial charge in [-0.25, -0.2) is 9.59 Å². The van der Waals surface area contributed by atoms with Crippen LogP contribution in [0.1, 0.15) is 74.7 Å². The lowest BCUT2D eigenvalue weighted by Crippen LogP contribution is -2.38. The van der Waals surface area contributed by atoms with Gasteiger partial charge in [-0.2, -0.15) is 8.78 Å². The summed E-state index contributed by atoms with van der Waals surface area (Å²) >= 11 is 0. The molecule has 0 aromatic heterocycles. The zero-order valence-electron chi connectivity index (χ0n) is 19.3. The number of alkyl halides is 2. The summed E-state index contributed by atoms with van der Waals surface area (Å²) in [4.78, 5) is 36.5. The molecule has 3 rings (SSSR count). The largest absolute Gasteiger partial charge is 0.535 e. The highest BCUT2D eigenvalue weighted by Gasteiger charge is 2.43. The van der Waals surface area contributed by atoms with Gasteiger partial charge in [-0.1, -0.05) is 25.5 Å². The van der Waals surface area contributed by atoms with Crippen LogP contribution in [0.5, 0.6) is 5.75 Å². The molecule has 34 heavy (non-hydrogen) atoms. The maximum Gasteiger partial charge on any atom is 0.526 e. The topological polar surface area (TPSA) is 108 Å². The number of rotatable bonds is 8. The summed E-state index contributed by atoms with van der Waals surface area (Å²) in [5.74, 6) is -6.47. The number of halogens is 2. The molecule has 0 amide bonds. The quantitative estimate of drug-likeness (QED) is 0.329. The smallest absolute Gasteiger partial charge is 0.526 e. The van der Waals surface area contributed by atoms with Crippen LogP contribution in [0.15, 0.2) is 18.2 Å². The van der Waals surface area contributed by atoms with Crippen molar-refractivity contribution in [3.05, 3.63) is 29.3 Å². The fourth-order valence-corrected chi connectivity index (χ4v) is 4.12. The van der Waals surface area contributed by atoms with Gasteiger partial charge in [0.15, 0.2) is 0 Å². The number of para-hydroxylation sites is 1. The van der Waals surface area contributed by atoms with Gasteiger partial charge in [0.1, 0.15) is 17.4 Å². The van der Waals surface area contributed by atoms with Gasteiger partial charge < -0.3 is 23.9 Å². The number of ether oxygens (including phenoxy) is 3. The summed E-state index contributed by atoms with van der Waals surface area (Å²) in [5, 5.41) is 10.3. The lowest BCUT2D eigenvalue weighted by molar-refractivity contribution is -0.143. The van der Waals surface area contributed by atoms with Gasteiger partial charge >= 0.3 is 25.2 Å². The molecule has 1 N–H and O–H groups in total. The molecule has 1 unspecified atom stereocenters. The molecule has 1 aliphatic heterocycles. The van der Waals surface area contributed by atoms with Gasteiger partial charge in [0.25, 0.3) is 0 Å². The summed E-state index contributed by atoms with van der Waals surface area (Å²) in [6.07, 6.45) is 1.07. The number of esters is 1. The van der Waals surface area contributed by atoms with E-state index in [1.165, 1.54) is 19.9 Å². The zero-order valence-corrected chi connectivity index (χ0v) is 19.3. The van der Waals surface area contributed by atoms with Crippen molar-refractivity contribution in [2.75, 3.05) is 0 Å². The number of hydrogen-bond acceptors (Lipinski definition) is 8. The Labute approximate surface area is 197 Å². The van der Waals surface area contributed by atoms with Crippen LogP contribution in [0.4, 0.5) is 13.6 Å². The van der Waals surface area contributed by atoms with Crippen molar-refractivity contribution in [1.29, 1.82) is 0 Å². The number of ketones is 1. The standard InChI is InChI=1S/C23H29BF2O8/c1-3-23(25,26)19(27)13-16-12-15-8-7-11-18(20(15)34-24(16)30)21(28)31-14(2)32-22(29)33-17-9-5-4-6-10-17/h7-8,11,14,16-17,30H,3-6,9-10,12-13H2,1-2H3/t14?,16-/m1/s1. The summed E-state index contributed by atoms with van der Waals surface area (Å²) < 4.78 is 48.2. The van der Waals surface area contributed by atoms with Crippen LogP contribution in [-0.2, 0) is 25.4 Å². The molecular weight excluding hydrogens is 453 g/mol. The molecular formula is C23H29BF2O8. The number of carbonyl (C=O) groups is 3. The highest BCUT2D eigenvalue weighted by molar-refractivity contribution is 6.47. The maximum absolute atomic E-state index is 13.7. The monoisotopic (exact) mass is 482 g/mol. The molecule has 0 saturated heterocycles. The molecule has 11 heteroatoms. The Morgan fingerprint density at radius 3 is 2.59 bits per heavy atom. The zero-order chi connectivity index (χ0) is 24.9. The predicted molar refractivity (Wildman–Crippen MR) is 117 cm³/mol. The minimum absolute atomic E-state index is 0.0305. The fraction of sp³-hybridized carbons (Fsp3) is 0.609. The van der Waals surface area contributed by atoms with E-state index in [2.05, 4.69) is 0 Å². The van der Waals surface area contributed by atoms with Crippen LogP contribution >= 0.6 is 0 Å². The third kappa shape index (κ3) is 6.46. The molecule has 1 fully saturated rings. The average Bonchev–Trinajstić information content (AvgIpc) is 2.79. The second-order valence-corrected chi connectivity index (χ2v) is 8.67. The van der Waals surface area contributed by atoms with E-state index < -0.39 is 55.9 Å². The van der Waals surface area contributed by atoms with Crippen LogP contribution < -0.4 is 4.65 Å². The summed E-state index contributed by atoms with van der Waals surface area (Å²) in [7, 11) is -1.56. The molecule has 0 spiro atoms. The first kappa shape index (κ1) is 25.9. The van der Waals surface area contributed by atoms with Gasteiger partial charge in [-0.15, -0.1) is 0 Å². The highest BCUT2D eigenvalue weighted by atomic mass is 19.3. The number of hydrogen-bond donors (Lipinski definition) is 1. The SMILES string of the molecule is CCC(F)(F)C(=O)C[C@H]1Cc2cccc(C(=O)OC(C)OC(=O)OC3CCCCC3)c2OB1O. The molecule has 1 heterocycles. The van der Waals surface area contributed by atoms with Crippen molar-refractivity contribution in [3.8, 4) is 5.75 Å². The van der Waals surface area contributed by atoms with E-state index in [-0.39, 0.29) is 23.8 Å². The normalized spacial score (nSPS) is 19.4. The van der Waals surface area contributed by atoms with E-state index in [1.54, 1.807) is 12.1 Å². The number of fused-ring (bicyclic) bond motifs is 1. The highest BCUT2D eigenvalue weighted by Crippen LogP contribution is 2.38. The van der Waals surface area contributed by atoms with E-state index in [1.807, 2.05) is 0 Å². The van der Waals surface area contributed by atoms with Crippen LogP contribution in [0.2, 0.25) is 5.82 Å². The molecule has 8 nitrogen and oxygen atoms in total. The molecule has 1 aliphatic carbocycles. The Kier molecular flexibility index (Phi) is 8.51. The first-order valence-electron chi connectivity index (χ1n) is 11.6. The second kappa shape index (κ2) is 11.2. The number of benzene rings is 1. The maximum atomic E-state index is 13.7. The fourth-order valence-electron chi connectivity index (χ4n) is 4.12. The van der Waals surface area contributed by atoms with Gasteiger partial charge in [0.05, 0.1) is 0 Å². The van der Waals surface area contributed by atoms with E-state index >= 15 is 0 Å². The molecule has 186 valence electrons. The van der Waals surface area contributed by atoms with Crippen molar-refractivity contribution < 1.29 is 47.1 Å². The number of carbonyl (C=O) groups excluding carboxylic acids is 3. The molecule has 1 aromatic carbocycles. The van der Waals surface area contributed by atoms with Crippen molar-refractivity contribution >= 4 is 25.0 Å². The molecule has 1 aromatic rings. The van der Waals surface area contributed by atoms with Crippen molar-refractivity contribution in [3.63, 3.8) is 0 Å². The minimum atomic E-state index is -3.47. The van der Waals surface area contributed by atoms with E-state index in [0.29, 0.717) is 5.56 Å². The third-order valence-corrected chi connectivity index (χ3v) is 6.09. The number of Topliss-reactive ketones (excluding diaryl/α,β-unsaturated/α-hetero) is 1. The van der Waals surface area contributed by atoms with Gasteiger partial charge in [-0.3, -0.25) is 4.79 Å². The van der Waals surface area contributed by atoms with E-state index in [4.69, 9.17) is 18.9 Å². The molecule has 2 aliphatic rings. The Balaban J connectivity index is 1.60. The molecule has 0 bridgehead atoms. The van der Waals surface area contributed by atoms with Crippen LogP contribution in [0.25, 0.3) is 0 Å². The lowest BCUT2D eigenvalue weighted by atomic mass is 9.64. The first-order chi connectivity index (χ1) is 16.1. The Morgan fingerprint density at radius 2 is 1.91 bits per heavy atom. The average molecular weight is 482 g/mol. The van der Waals surface area contributed by atoms with Crippen LogP contribution in [0.3, 0.4) is 0 Å². The molecule has 0 radical (unpaired) electrons. The predicted octanol–water partition coefficient (Wildman–Crippen LogP) is 4.47. The summed E-state index contributed by atoms with van der Waals surface area (Å²) in [6.45, 7) is 2.57. The second-order valence-electron chi connectivity index (χ2n) is 8.67. The first-order valence-corrected chi connectivity index (χ1v) is 11.6. The van der Waals surface area contributed by atoms with Crippen LogP contribution in [-0.4, -0.2) is 48.4 Å². The van der Waals surface area contributed by atoms with E-state index in [0.717, 1.165) is 32.1 Å². The third-order valence-electron chi connectivity index (χ3n) is 6.09. The van der Waals surface area contributed by atoms with Crippen molar-refractivity contribution in [2.24, 2.45) is 0 Å². The Bertz CT molecular complexity index is 903. The lowest BCUT2D eigenvalue weighted by Gasteiger charge is -2.29. The minimum Gasteiger partial charge on any atom is -0.535 e. The van der Waals surface area contributed by atoms with Crippen molar-refractivity contribution in [1.82, 2.24) is 0 Å². The van der Waals surface area contributed by atoms with Crippen molar-refractivity contribution in [2.45, 2.75) is 89.3 Å². The van der Waals surface area contributed by atoms with Gasteiger partial charge in [0.2, 0.25) is 12.1 Å². The van der Waals surface area contributed by atoms with E-state index in [9.17, 15) is 28.2 Å². The Morgan fingerprint density at radius 1 is 1.21 bits per heavy atom. The summed E-state index contributed by atoms with van der Waals surface area (Å²) in [6, 6.07) is 4.55. The Hall–Kier alpha value is -2.69. The van der Waals surface area contributed by atoms with Gasteiger partial charge in [0, 0.05) is 25.6 Å². The van der Waals surface area contributed by atoms with Crippen LogP contribution in [0, 0.1) is 0 Å². The molecule has 2 atom stereocenters. The summed E-state index contributed by atoms with van der Waals surface area (Å²) in [5.41, 5.74) is 0.430. The van der Waals surface area contributed by atoms with Gasteiger partial charge in [-0.05, 0) is 43.7 Å². The molecule has 1 saturated carbocycles.